The van der Waals surface area contributed by atoms with Gasteiger partial charge >= 0.3 is 0 Å². The molecule has 4 heteroatoms. The molecule has 0 unspecified atom stereocenters. The standard InChI is InChI=1S/C13H8ClFN2/c14-10-5-6-16-13-9(10)7-12(17-13)8-3-1-2-4-11(8)15/h1-7H,(H,16,17). The fraction of sp³-hybridized carbons (Fsp3) is 0. The van der Waals surface area contributed by atoms with Gasteiger partial charge in [-0.3, -0.25) is 0 Å². The first-order chi connectivity index (χ1) is 8.25. The van der Waals surface area contributed by atoms with Crippen molar-refractivity contribution in [3.05, 3.63) is 53.4 Å². The van der Waals surface area contributed by atoms with Crippen molar-refractivity contribution in [1.82, 2.24) is 9.97 Å². The number of hydrogen-bond donors (Lipinski definition) is 1. The van der Waals surface area contributed by atoms with Crippen molar-refractivity contribution in [3.63, 3.8) is 0 Å². The summed E-state index contributed by atoms with van der Waals surface area (Å²) in [7, 11) is 0. The Balaban J connectivity index is 2.26. The minimum absolute atomic E-state index is 0.268. The number of benzene rings is 1. The number of halogens is 2. The lowest BCUT2D eigenvalue weighted by atomic mass is 10.1. The number of nitrogens with one attached hydrogen (secondary N) is 1. The largest absolute Gasteiger partial charge is 0.339 e. The van der Waals surface area contributed by atoms with Crippen LogP contribution in [0, 0.1) is 5.82 Å². The maximum atomic E-state index is 13.6. The van der Waals surface area contributed by atoms with Crippen LogP contribution in [0.2, 0.25) is 5.02 Å². The molecule has 84 valence electrons. The monoisotopic (exact) mass is 246 g/mol. The van der Waals surface area contributed by atoms with Crippen LogP contribution >= 0.6 is 11.6 Å². The number of aromatic nitrogens is 2. The molecule has 0 aliphatic carbocycles. The van der Waals surface area contributed by atoms with E-state index in [0.717, 1.165) is 5.39 Å². The van der Waals surface area contributed by atoms with Gasteiger partial charge in [0.15, 0.2) is 0 Å². The van der Waals surface area contributed by atoms with E-state index in [0.29, 0.717) is 21.9 Å². The first-order valence-electron chi connectivity index (χ1n) is 5.14. The van der Waals surface area contributed by atoms with E-state index in [9.17, 15) is 4.39 Å². The van der Waals surface area contributed by atoms with Crippen LogP contribution in [0.15, 0.2) is 42.6 Å². The molecular formula is C13H8ClFN2. The predicted octanol–water partition coefficient (Wildman–Crippen LogP) is 4.02. The third-order valence-electron chi connectivity index (χ3n) is 2.64. The second kappa shape index (κ2) is 3.86. The molecule has 2 aromatic heterocycles. The SMILES string of the molecule is Fc1ccccc1-c1cc2c(Cl)ccnc2[nH]1. The van der Waals surface area contributed by atoms with Crippen LogP contribution in [0.1, 0.15) is 0 Å². The maximum absolute atomic E-state index is 13.6. The van der Waals surface area contributed by atoms with Crippen molar-refractivity contribution in [1.29, 1.82) is 0 Å². The third-order valence-corrected chi connectivity index (χ3v) is 2.97. The summed E-state index contributed by atoms with van der Waals surface area (Å²) in [5, 5.41) is 1.40. The number of rotatable bonds is 1. The molecule has 0 saturated heterocycles. The van der Waals surface area contributed by atoms with Gasteiger partial charge in [-0.25, -0.2) is 9.37 Å². The number of H-pyrrole nitrogens is 1. The van der Waals surface area contributed by atoms with E-state index in [2.05, 4.69) is 9.97 Å². The summed E-state index contributed by atoms with van der Waals surface area (Å²) < 4.78 is 13.6. The number of fused-ring (bicyclic) bond motifs is 1. The first kappa shape index (κ1) is 10.3. The lowest BCUT2D eigenvalue weighted by Crippen LogP contribution is -1.82. The highest BCUT2D eigenvalue weighted by Crippen LogP contribution is 2.28. The zero-order valence-corrected chi connectivity index (χ0v) is 9.50. The molecule has 0 amide bonds. The van der Waals surface area contributed by atoms with E-state index >= 15 is 0 Å². The Morgan fingerprint density at radius 1 is 1.18 bits per heavy atom. The van der Waals surface area contributed by atoms with Crippen molar-refractivity contribution in [2.45, 2.75) is 0 Å². The molecular weight excluding hydrogens is 239 g/mol. The zero-order valence-electron chi connectivity index (χ0n) is 8.74. The van der Waals surface area contributed by atoms with Crippen molar-refractivity contribution < 1.29 is 4.39 Å². The molecule has 0 fully saturated rings. The number of aromatic amines is 1. The molecule has 0 saturated carbocycles. The van der Waals surface area contributed by atoms with Gasteiger partial charge in [0.25, 0.3) is 0 Å². The molecule has 0 atom stereocenters. The lowest BCUT2D eigenvalue weighted by Gasteiger charge is -1.98. The Kier molecular flexibility index (Phi) is 2.34. The second-order valence-electron chi connectivity index (χ2n) is 3.72. The predicted molar refractivity (Wildman–Crippen MR) is 66.5 cm³/mol. The normalized spacial score (nSPS) is 10.9. The van der Waals surface area contributed by atoms with E-state index in [4.69, 9.17) is 11.6 Å². The molecule has 0 spiro atoms. The van der Waals surface area contributed by atoms with Gasteiger partial charge < -0.3 is 4.98 Å². The maximum Gasteiger partial charge on any atom is 0.139 e. The van der Waals surface area contributed by atoms with Crippen LogP contribution < -0.4 is 0 Å². The molecule has 17 heavy (non-hydrogen) atoms. The molecule has 2 nitrogen and oxygen atoms in total. The summed E-state index contributed by atoms with van der Waals surface area (Å²) in [6.45, 7) is 0. The summed E-state index contributed by atoms with van der Waals surface area (Å²) >= 11 is 6.04. The average Bonchev–Trinajstić information content (AvgIpc) is 2.75. The summed E-state index contributed by atoms with van der Waals surface area (Å²) in [6, 6.07) is 10.1. The fourth-order valence-corrected chi connectivity index (χ4v) is 2.02. The Morgan fingerprint density at radius 2 is 2.00 bits per heavy atom. The fourth-order valence-electron chi connectivity index (χ4n) is 1.82. The van der Waals surface area contributed by atoms with Gasteiger partial charge in [-0.2, -0.15) is 0 Å². The van der Waals surface area contributed by atoms with Gasteiger partial charge in [0.1, 0.15) is 11.5 Å². The van der Waals surface area contributed by atoms with Gasteiger partial charge in [-0.15, -0.1) is 0 Å². The molecule has 1 aromatic carbocycles. The van der Waals surface area contributed by atoms with Crippen molar-refractivity contribution in [2.75, 3.05) is 0 Å². The molecule has 3 rings (SSSR count). The summed E-state index contributed by atoms with van der Waals surface area (Å²) in [4.78, 5) is 7.21. The Labute approximate surface area is 102 Å². The minimum Gasteiger partial charge on any atom is -0.339 e. The van der Waals surface area contributed by atoms with Crippen LogP contribution in [-0.2, 0) is 0 Å². The second-order valence-corrected chi connectivity index (χ2v) is 4.13. The van der Waals surface area contributed by atoms with E-state index in [1.54, 1.807) is 30.5 Å². The number of hydrogen-bond acceptors (Lipinski definition) is 1. The first-order valence-corrected chi connectivity index (χ1v) is 5.51. The van der Waals surface area contributed by atoms with Crippen LogP contribution in [0.5, 0.6) is 0 Å². The highest BCUT2D eigenvalue weighted by atomic mass is 35.5. The van der Waals surface area contributed by atoms with Crippen LogP contribution in [0.25, 0.3) is 22.3 Å². The van der Waals surface area contributed by atoms with Crippen LogP contribution in [-0.4, -0.2) is 9.97 Å². The molecule has 0 aliphatic rings. The van der Waals surface area contributed by atoms with E-state index in [1.165, 1.54) is 6.07 Å². The Hall–Kier alpha value is -1.87. The van der Waals surface area contributed by atoms with E-state index < -0.39 is 0 Å². The van der Waals surface area contributed by atoms with Crippen LogP contribution in [0.4, 0.5) is 4.39 Å². The smallest absolute Gasteiger partial charge is 0.139 e. The molecule has 2 heterocycles. The average molecular weight is 247 g/mol. The van der Waals surface area contributed by atoms with Crippen LogP contribution in [0.3, 0.4) is 0 Å². The highest BCUT2D eigenvalue weighted by Gasteiger charge is 2.09. The summed E-state index contributed by atoms with van der Waals surface area (Å²) in [5.41, 5.74) is 1.86. The molecule has 0 aliphatic heterocycles. The van der Waals surface area contributed by atoms with E-state index in [-0.39, 0.29) is 5.82 Å². The van der Waals surface area contributed by atoms with E-state index in [1.807, 2.05) is 6.07 Å². The van der Waals surface area contributed by atoms with Gasteiger partial charge in [0.05, 0.1) is 10.7 Å². The number of pyridine rings is 1. The topological polar surface area (TPSA) is 28.7 Å². The lowest BCUT2D eigenvalue weighted by molar-refractivity contribution is 0.631. The van der Waals surface area contributed by atoms with Crippen molar-refractivity contribution in [2.24, 2.45) is 0 Å². The Bertz CT molecular complexity index is 691. The quantitative estimate of drug-likeness (QED) is 0.690. The van der Waals surface area contributed by atoms with Gasteiger partial charge in [0.2, 0.25) is 0 Å². The third kappa shape index (κ3) is 1.68. The van der Waals surface area contributed by atoms with Gasteiger partial charge in [0, 0.05) is 17.1 Å². The zero-order chi connectivity index (χ0) is 11.8. The van der Waals surface area contributed by atoms with Gasteiger partial charge in [-0.05, 0) is 24.3 Å². The molecule has 0 bridgehead atoms. The van der Waals surface area contributed by atoms with Gasteiger partial charge in [-0.1, -0.05) is 23.7 Å². The van der Waals surface area contributed by atoms with Crippen molar-refractivity contribution >= 4 is 22.6 Å². The number of nitrogens with zero attached hydrogens (tertiary/aromatic N) is 1. The minimum atomic E-state index is -0.268. The molecule has 1 N–H and O–H groups in total. The Morgan fingerprint density at radius 3 is 2.76 bits per heavy atom. The molecule has 0 radical (unpaired) electrons. The van der Waals surface area contributed by atoms with Crippen molar-refractivity contribution in [3.8, 4) is 11.3 Å². The molecule has 3 aromatic rings. The highest BCUT2D eigenvalue weighted by molar-refractivity contribution is 6.35. The summed E-state index contributed by atoms with van der Waals surface area (Å²) in [6.07, 6.45) is 1.62. The summed E-state index contributed by atoms with van der Waals surface area (Å²) in [5.74, 6) is -0.268.